The topological polar surface area (TPSA) is 70.2 Å². The molecule has 0 saturated heterocycles. The van der Waals surface area contributed by atoms with Gasteiger partial charge >= 0.3 is 5.97 Å². The van der Waals surface area contributed by atoms with Gasteiger partial charge in [-0.3, -0.25) is 0 Å². The monoisotopic (exact) mass is 399 g/mol. The summed E-state index contributed by atoms with van der Waals surface area (Å²) in [6.45, 7) is 2.75. The molecule has 150 valence electrons. The van der Waals surface area contributed by atoms with E-state index in [1.54, 1.807) is 0 Å². The third-order valence-corrected chi connectivity index (χ3v) is 5.51. The highest BCUT2D eigenvalue weighted by atomic mass is 16.5. The van der Waals surface area contributed by atoms with E-state index < -0.39 is 0 Å². The van der Waals surface area contributed by atoms with Crippen molar-refractivity contribution in [2.24, 2.45) is 5.92 Å². The van der Waals surface area contributed by atoms with Crippen LogP contribution in [0.2, 0.25) is 0 Å². The van der Waals surface area contributed by atoms with Gasteiger partial charge in [0.2, 0.25) is 5.89 Å². The lowest BCUT2D eigenvalue weighted by Gasteiger charge is -2.19. The second kappa shape index (κ2) is 7.30. The number of methoxy groups -OCH3 is 1. The highest BCUT2D eigenvalue weighted by Gasteiger charge is 2.20. The third-order valence-electron chi connectivity index (χ3n) is 5.51. The van der Waals surface area contributed by atoms with Gasteiger partial charge in [-0.2, -0.15) is 0 Å². The van der Waals surface area contributed by atoms with Crippen molar-refractivity contribution in [3.8, 4) is 11.5 Å². The summed E-state index contributed by atoms with van der Waals surface area (Å²) in [5, 5.41) is 0. The van der Waals surface area contributed by atoms with Crippen molar-refractivity contribution in [2.75, 3.05) is 7.11 Å². The summed E-state index contributed by atoms with van der Waals surface area (Å²) in [5.41, 5.74) is 5.16. The van der Waals surface area contributed by atoms with Crippen LogP contribution in [0.4, 0.5) is 0 Å². The van der Waals surface area contributed by atoms with Crippen molar-refractivity contribution in [1.29, 1.82) is 0 Å². The number of carbonyl (C=O) groups excluding carboxylic acids is 1. The molecule has 30 heavy (non-hydrogen) atoms. The molecule has 0 amide bonds. The normalized spacial score (nSPS) is 16.2. The van der Waals surface area contributed by atoms with Crippen LogP contribution < -0.4 is 0 Å². The molecular weight excluding hydrogens is 378 g/mol. The first kappa shape index (κ1) is 18.4. The first-order chi connectivity index (χ1) is 14.6. The third kappa shape index (κ3) is 3.20. The number of aromatic nitrogens is 3. The van der Waals surface area contributed by atoms with Crippen LogP contribution in [0.1, 0.15) is 12.2 Å². The fraction of sp³-hybridized carbons (Fsp3) is 0.208. The van der Waals surface area contributed by atoms with Crippen LogP contribution in [0.15, 0.2) is 70.7 Å². The number of rotatable bonds is 4. The summed E-state index contributed by atoms with van der Waals surface area (Å²) in [6, 6.07) is 13.8. The van der Waals surface area contributed by atoms with Gasteiger partial charge in [-0.25, -0.2) is 14.8 Å². The van der Waals surface area contributed by atoms with Gasteiger partial charge in [0.25, 0.3) is 0 Å². The zero-order valence-corrected chi connectivity index (χ0v) is 16.8. The summed E-state index contributed by atoms with van der Waals surface area (Å²) >= 11 is 0. The molecule has 2 heterocycles. The van der Waals surface area contributed by atoms with Gasteiger partial charge in [0.1, 0.15) is 11.3 Å². The first-order valence-electron chi connectivity index (χ1n) is 9.91. The number of imidazole rings is 1. The number of para-hydroxylation sites is 2. The van der Waals surface area contributed by atoms with Crippen molar-refractivity contribution in [3.63, 3.8) is 0 Å². The Morgan fingerprint density at radius 2 is 2.07 bits per heavy atom. The molecule has 1 aliphatic carbocycles. The zero-order chi connectivity index (χ0) is 20.7. The number of fused-ring (bicyclic) bond motifs is 2. The van der Waals surface area contributed by atoms with Crippen molar-refractivity contribution in [2.45, 2.75) is 19.9 Å². The predicted molar refractivity (Wildman–Crippen MR) is 115 cm³/mol. The van der Waals surface area contributed by atoms with Crippen LogP contribution in [0.5, 0.6) is 0 Å². The fourth-order valence-corrected chi connectivity index (χ4v) is 4.00. The van der Waals surface area contributed by atoms with E-state index in [-0.39, 0.29) is 11.9 Å². The number of hydrogen-bond acceptors (Lipinski definition) is 5. The van der Waals surface area contributed by atoms with Crippen molar-refractivity contribution < 1.29 is 13.9 Å². The van der Waals surface area contributed by atoms with Gasteiger partial charge in [0, 0.05) is 17.7 Å². The maximum Gasteiger partial charge on any atom is 0.333 e. The number of ether oxygens (including phenoxy) is 1. The highest BCUT2D eigenvalue weighted by Crippen LogP contribution is 2.29. The van der Waals surface area contributed by atoms with Gasteiger partial charge in [0.05, 0.1) is 18.1 Å². The number of allylic oxidation sites excluding steroid dienone is 3. The molecule has 2 aromatic heterocycles. The molecule has 4 aromatic rings. The zero-order valence-electron chi connectivity index (χ0n) is 16.8. The quantitative estimate of drug-likeness (QED) is 0.460. The van der Waals surface area contributed by atoms with Crippen LogP contribution in [0.25, 0.3) is 33.6 Å². The smallest absolute Gasteiger partial charge is 0.333 e. The van der Waals surface area contributed by atoms with E-state index in [0.717, 1.165) is 40.1 Å². The highest BCUT2D eigenvalue weighted by molar-refractivity contribution is 5.89. The maximum absolute atomic E-state index is 11.9. The lowest BCUT2D eigenvalue weighted by atomic mass is 9.94. The summed E-state index contributed by atoms with van der Waals surface area (Å²) in [6.07, 6.45) is 6.54. The van der Waals surface area contributed by atoms with E-state index in [4.69, 9.17) is 14.1 Å². The molecule has 0 saturated carbocycles. The SMILES string of the molecule is COC(=O)C1=CC=CC(Cn2c(C)nc3cc(-c4nc5ccccc5o4)ccc32)C1. The Labute approximate surface area is 173 Å². The first-order valence-corrected chi connectivity index (χ1v) is 9.91. The van der Waals surface area contributed by atoms with Crippen LogP contribution >= 0.6 is 0 Å². The van der Waals surface area contributed by atoms with E-state index in [1.807, 2.05) is 55.5 Å². The second-order valence-corrected chi connectivity index (χ2v) is 7.49. The molecule has 0 radical (unpaired) electrons. The average Bonchev–Trinajstić information content (AvgIpc) is 3.34. The molecule has 0 fully saturated rings. The molecule has 1 unspecified atom stereocenters. The lowest BCUT2D eigenvalue weighted by molar-refractivity contribution is -0.136. The van der Waals surface area contributed by atoms with Gasteiger partial charge in [-0.1, -0.05) is 30.4 Å². The van der Waals surface area contributed by atoms with Crippen molar-refractivity contribution in [1.82, 2.24) is 14.5 Å². The van der Waals surface area contributed by atoms with Crippen molar-refractivity contribution in [3.05, 3.63) is 72.1 Å². The Balaban J connectivity index is 1.45. The van der Waals surface area contributed by atoms with E-state index >= 15 is 0 Å². The molecule has 1 aliphatic rings. The Hall–Kier alpha value is -3.67. The molecule has 6 heteroatoms. The molecule has 0 bridgehead atoms. The summed E-state index contributed by atoms with van der Waals surface area (Å²) in [4.78, 5) is 21.2. The average molecular weight is 399 g/mol. The molecule has 1 atom stereocenters. The molecule has 2 aromatic carbocycles. The van der Waals surface area contributed by atoms with Crippen LogP contribution in [0, 0.1) is 12.8 Å². The van der Waals surface area contributed by atoms with Gasteiger partial charge in [-0.05, 0) is 49.6 Å². The number of benzene rings is 2. The molecular formula is C24H21N3O3. The summed E-state index contributed by atoms with van der Waals surface area (Å²) in [5.74, 6) is 1.46. The Kier molecular flexibility index (Phi) is 4.47. The van der Waals surface area contributed by atoms with Crippen LogP contribution in [0.3, 0.4) is 0 Å². The Bertz CT molecular complexity index is 1290. The van der Waals surface area contributed by atoms with Gasteiger partial charge in [0.15, 0.2) is 5.58 Å². The minimum atomic E-state index is -0.264. The van der Waals surface area contributed by atoms with Gasteiger partial charge < -0.3 is 13.7 Å². The van der Waals surface area contributed by atoms with Gasteiger partial charge in [-0.15, -0.1) is 0 Å². The minimum Gasteiger partial charge on any atom is -0.466 e. The van der Waals surface area contributed by atoms with E-state index in [0.29, 0.717) is 17.9 Å². The largest absolute Gasteiger partial charge is 0.466 e. The number of hydrogen-bond donors (Lipinski definition) is 0. The predicted octanol–water partition coefficient (Wildman–Crippen LogP) is 4.83. The van der Waals surface area contributed by atoms with E-state index in [9.17, 15) is 4.79 Å². The molecule has 0 aliphatic heterocycles. The van der Waals surface area contributed by atoms with Crippen LogP contribution in [-0.2, 0) is 16.1 Å². The number of carbonyl (C=O) groups is 1. The Morgan fingerprint density at radius 3 is 2.90 bits per heavy atom. The van der Waals surface area contributed by atoms with Crippen LogP contribution in [-0.4, -0.2) is 27.6 Å². The minimum absolute atomic E-state index is 0.205. The molecule has 6 nitrogen and oxygen atoms in total. The number of nitrogens with zero attached hydrogens (tertiary/aromatic N) is 3. The van der Waals surface area contributed by atoms with E-state index in [1.165, 1.54) is 7.11 Å². The summed E-state index contributed by atoms with van der Waals surface area (Å²) < 4.78 is 13.0. The molecule has 5 rings (SSSR count). The van der Waals surface area contributed by atoms with E-state index in [2.05, 4.69) is 21.7 Å². The maximum atomic E-state index is 11.9. The summed E-state index contributed by atoms with van der Waals surface area (Å²) in [7, 11) is 1.42. The number of oxazole rings is 1. The number of esters is 1. The molecule has 0 spiro atoms. The lowest BCUT2D eigenvalue weighted by Crippen LogP contribution is -2.16. The fourth-order valence-electron chi connectivity index (χ4n) is 4.00. The number of aryl methyl sites for hydroxylation is 1. The standard InChI is InChI=1S/C24H21N3O3/c1-15-25-20-13-17(23-26-19-8-3-4-9-22(19)30-23)10-11-21(20)27(15)14-16-6-5-7-18(12-16)24(28)29-2/h3-11,13,16H,12,14H2,1-2H3. The Morgan fingerprint density at radius 1 is 1.20 bits per heavy atom. The van der Waals surface area contributed by atoms with Crippen molar-refractivity contribution >= 4 is 28.1 Å². The molecule has 0 N–H and O–H groups in total. The second-order valence-electron chi connectivity index (χ2n) is 7.49.